The van der Waals surface area contributed by atoms with E-state index in [9.17, 15) is 9.90 Å². The second-order valence-corrected chi connectivity index (χ2v) is 4.38. The maximum atomic E-state index is 10.8. The average molecular weight is 202 g/mol. The highest BCUT2D eigenvalue weighted by atomic mass is 16.5. The van der Waals surface area contributed by atoms with E-state index in [-0.39, 0.29) is 18.1 Å². The summed E-state index contributed by atoms with van der Waals surface area (Å²) in [6.07, 6.45) is 1.25. The van der Waals surface area contributed by atoms with Crippen LogP contribution in [0, 0.1) is 5.92 Å². The molecule has 1 aliphatic rings. The Bertz CT molecular complexity index is 214. The van der Waals surface area contributed by atoms with E-state index >= 15 is 0 Å². The first-order valence-corrected chi connectivity index (χ1v) is 4.95. The molecule has 0 aliphatic carbocycles. The number of aliphatic carboxylic acids is 1. The molecule has 0 radical (unpaired) electrons. The molecule has 82 valence electrons. The van der Waals surface area contributed by atoms with Crippen molar-refractivity contribution in [3.05, 3.63) is 0 Å². The minimum Gasteiger partial charge on any atom is -0.479 e. The largest absolute Gasteiger partial charge is 0.479 e. The van der Waals surface area contributed by atoms with Gasteiger partial charge in [-0.3, -0.25) is 0 Å². The van der Waals surface area contributed by atoms with Gasteiger partial charge in [-0.05, 0) is 33.6 Å². The van der Waals surface area contributed by atoms with Gasteiger partial charge in [0.1, 0.15) is 0 Å². The van der Waals surface area contributed by atoms with Gasteiger partial charge in [0.15, 0.2) is 5.60 Å². The van der Waals surface area contributed by atoms with Crippen LogP contribution in [0.5, 0.6) is 0 Å². The molecule has 1 heterocycles. The van der Waals surface area contributed by atoms with Gasteiger partial charge < -0.3 is 14.9 Å². The van der Waals surface area contributed by atoms with E-state index in [1.165, 1.54) is 6.92 Å². The Morgan fingerprint density at radius 3 is 2.14 bits per heavy atom. The summed E-state index contributed by atoms with van der Waals surface area (Å²) < 4.78 is 5.49. The van der Waals surface area contributed by atoms with Crippen molar-refractivity contribution in [3.63, 3.8) is 0 Å². The van der Waals surface area contributed by atoms with E-state index in [4.69, 9.17) is 9.84 Å². The van der Waals surface area contributed by atoms with Crippen LogP contribution in [0.1, 0.15) is 33.6 Å². The molecule has 1 fully saturated rings. The number of carbonyl (C=O) groups is 1. The van der Waals surface area contributed by atoms with Crippen molar-refractivity contribution in [2.45, 2.75) is 51.4 Å². The summed E-state index contributed by atoms with van der Waals surface area (Å²) in [5.41, 5.74) is -1.63. The molecule has 14 heavy (non-hydrogen) atoms. The summed E-state index contributed by atoms with van der Waals surface area (Å²) in [6.45, 7) is 5.17. The van der Waals surface area contributed by atoms with Crippen LogP contribution in [-0.4, -0.2) is 34.0 Å². The second kappa shape index (κ2) is 3.87. The highest BCUT2D eigenvalue weighted by Gasteiger charge is 2.42. The zero-order valence-corrected chi connectivity index (χ0v) is 8.86. The molecule has 2 N–H and O–H groups in total. The summed E-state index contributed by atoms with van der Waals surface area (Å²) in [7, 11) is 0. The quantitative estimate of drug-likeness (QED) is 0.701. The van der Waals surface area contributed by atoms with Crippen LogP contribution in [0.2, 0.25) is 0 Å². The zero-order chi connectivity index (χ0) is 10.9. The van der Waals surface area contributed by atoms with Gasteiger partial charge in [0.2, 0.25) is 0 Å². The van der Waals surface area contributed by atoms with Crippen molar-refractivity contribution >= 4 is 5.97 Å². The maximum absolute atomic E-state index is 10.8. The third kappa shape index (κ3) is 2.25. The third-order valence-electron chi connectivity index (χ3n) is 2.93. The van der Waals surface area contributed by atoms with Gasteiger partial charge in [0.25, 0.3) is 0 Å². The Balaban J connectivity index is 2.72. The molecule has 0 bridgehead atoms. The van der Waals surface area contributed by atoms with Crippen molar-refractivity contribution in [1.82, 2.24) is 0 Å². The molecular formula is C10H18O4. The lowest BCUT2D eigenvalue weighted by Gasteiger charge is -2.38. The molecule has 3 unspecified atom stereocenters. The number of carboxylic acids is 1. The minimum absolute atomic E-state index is 0.0228. The Morgan fingerprint density at radius 1 is 1.36 bits per heavy atom. The lowest BCUT2D eigenvalue weighted by Crippen LogP contribution is -2.48. The third-order valence-corrected chi connectivity index (χ3v) is 2.93. The minimum atomic E-state index is -1.63. The fraction of sp³-hybridized carbons (Fsp3) is 0.900. The molecule has 1 saturated heterocycles. The number of hydrogen-bond donors (Lipinski definition) is 2. The van der Waals surface area contributed by atoms with E-state index in [1.54, 1.807) is 0 Å². The first kappa shape index (κ1) is 11.5. The van der Waals surface area contributed by atoms with Gasteiger partial charge in [-0.1, -0.05) is 0 Å². The molecule has 4 nitrogen and oxygen atoms in total. The van der Waals surface area contributed by atoms with Crippen LogP contribution >= 0.6 is 0 Å². The van der Waals surface area contributed by atoms with E-state index in [1.807, 2.05) is 13.8 Å². The Kier molecular flexibility index (Phi) is 3.17. The molecule has 0 amide bonds. The molecule has 0 saturated carbocycles. The second-order valence-electron chi connectivity index (χ2n) is 4.38. The molecule has 0 spiro atoms. The SMILES string of the molecule is CC1CC(C(C)(O)C(=O)O)CC(C)O1. The van der Waals surface area contributed by atoms with Gasteiger partial charge in [-0.15, -0.1) is 0 Å². The Labute approximate surface area is 83.9 Å². The summed E-state index contributed by atoms with van der Waals surface area (Å²) in [6, 6.07) is 0. The summed E-state index contributed by atoms with van der Waals surface area (Å²) in [4.78, 5) is 10.8. The standard InChI is InChI=1S/C10H18O4/c1-6-4-8(5-7(2)14-6)10(3,13)9(11)12/h6-8,13H,4-5H2,1-3H3,(H,11,12). The lowest BCUT2D eigenvalue weighted by atomic mass is 9.79. The monoisotopic (exact) mass is 202 g/mol. The van der Waals surface area contributed by atoms with Gasteiger partial charge in [-0.25, -0.2) is 4.79 Å². The number of rotatable bonds is 2. The Morgan fingerprint density at radius 2 is 1.79 bits per heavy atom. The number of aliphatic hydroxyl groups is 1. The van der Waals surface area contributed by atoms with Crippen molar-refractivity contribution in [2.24, 2.45) is 5.92 Å². The van der Waals surface area contributed by atoms with Gasteiger partial charge in [0, 0.05) is 5.92 Å². The van der Waals surface area contributed by atoms with Gasteiger partial charge >= 0.3 is 5.97 Å². The fourth-order valence-corrected chi connectivity index (χ4v) is 2.04. The van der Waals surface area contributed by atoms with Crippen LogP contribution in [0.3, 0.4) is 0 Å². The molecule has 0 aromatic heterocycles. The predicted octanol–water partition coefficient (Wildman–Crippen LogP) is 1.03. The zero-order valence-electron chi connectivity index (χ0n) is 8.86. The molecule has 0 aromatic carbocycles. The molecule has 1 aliphatic heterocycles. The lowest BCUT2D eigenvalue weighted by molar-refractivity contribution is -0.171. The van der Waals surface area contributed by atoms with Crippen LogP contribution in [0.15, 0.2) is 0 Å². The molecule has 0 aromatic rings. The van der Waals surface area contributed by atoms with Crippen LogP contribution in [-0.2, 0) is 9.53 Å². The van der Waals surface area contributed by atoms with E-state index < -0.39 is 11.6 Å². The van der Waals surface area contributed by atoms with Crippen LogP contribution in [0.25, 0.3) is 0 Å². The summed E-state index contributed by atoms with van der Waals surface area (Å²) >= 11 is 0. The van der Waals surface area contributed by atoms with Crippen LogP contribution < -0.4 is 0 Å². The average Bonchev–Trinajstić information content (AvgIpc) is 2.01. The van der Waals surface area contributed by atoms with Crippen molar-refractivity contribution in [3.8, 4) is 0 Å². The van der Waals surface area contributed by atoms with E-state index in [2.05, 4.69) is 0 Å². The molecule has 4 heteroatoms. The van der Waals surface area contributed by atoms with Crippen molar-refractivity contribution < 1.29 is 19.7 Å². The number of hydrogen-bond acceptors (Lipinski definition) is 3. The predicted molar refractivity (Wildman–Crippen MR) is 51.0 cm³/mol. The topological polar surface area (TPSA) is 66.8 Å². The highest BCUT2D eigenvalue weighted by molar-refractivity contribution is 5.77. The fourth-order valence-electron chi connectivity index (χ4n) is 2.04. The van der Waals surface area contributed by atoms with Crippen molar-refractivity contribution in [2.75, 3.05) is 0 Å². The van der Waals surface area contributed by atoms with Gasteiger partial charge in [-0.2, -0.15) is 0 Å². The molecule has 1 rings (SSSR count). The normalized spacial score (nSPS) is 37.6. The highest BCUT2D eigenvalue weighted by Crippen LogP contribution is 2.33. The molecule has 3 atom stereocenters. The smallest absolute Gasteiger partial charge is 0.335 e. The van der Waals surface area contributed by atoms with E-state index in [0.29, 0.717) is 12.8 Å². The maximum Gasteiger partial charge on any atom is 0.335 e. The number of ether oxygens (including phenoxy) is 1. The molecular weight excluding hydrogens is 184 g/mol. The van der Waals surface area contributed by atoms with Crippen molar-refractivity contribution in [1.29, 1.82) is 0 Å². The number of carboxylic acid groups (broad SMARTS) is 1. The summed E-state index contributed by atoms with van der Waals surface area (Å²) in [5, 5.41) is 18.7. The first-order valence-electron chi connectivity index (χ1n) is 4.95. The van der Waals surface area contributed by atoms with Crippen LogP contribution in [0.4, 0.5) is 0 Å². The summed E-state index contributed by atoms with van der Waals surface area (Å²) in [5.74, 6) is -1.37. The van der Waals surface area contributed by atoms with E-state index in [0.717, 1.165) is 0 Å². The Hall–Kier alpha value is -0.610. The van der Waals surface area contributed by atoms with Gasteiger partial charge in [0.05, 0.1) is 12.2 Å². The first-order chi connectivity index (χ1) is 6.34.